The van der Waals surface area contributed by atoms with Crippen molar-refractivity contribution >= 4 is 5.91 Å². The van der Waals surface area contributed by atoms with Crippen molar-refractivity contribution in [3.8, 4) is 11.5 Å². The van der Waals surface area contributed by atoms with Crippen LogP contribution >= 0.6 is 0 Å². The lowest BCUT2D eigenvalue weighted by atomic mass is 9.96. The molecule has 4 rings (SSSR count). The fourth-order valence-corrected chi connectivity index (χ4v) is 3.62. The maximum atomic E-state index is 12.8. The van der Waals surface area contributed by atoms with Gasteiger partial charge < -0.3 is 14.5 Å². The highest BCUT2D eigenvalue weighted by Crippen LogP contribution is 2.27. The highest BCUT2D eigenvalue weighted by atomic mass is 16.2. The van der Waals surface area contributed by atoms with E-state index >= 15 is 0 Å². The molecule has 0 bridgehead atoms. The van der Waals surface area contributed by atoms with Gasteiger partial charge in [-0.05, 0) is 31.9 Å². The fraction of sp³-hybridized carbons (Fsp3) is 0.350. The molecule has 0 aromatic carbocycles. The number of aromatic amines is 1. The molecule has 0 radical (unpaired) electrons. The Balaban J connectivity index is 1.60. The van der Waals surface area contributed by atoms with Crippen molar-refractivity contribution in [1.82, 2.24) is 29.4 Å². The molecule has 1 saturated heterocycles. The van der Waals surface area contributed by atoms with Crippen LogP contribution in [0.2, 0.25) is 0 Å². The second-order valence-electron chi connectivity index (χ2n) is 7.13. The number of carbonyl (C=O) groups is 1. The zero-order chi connectivity index (χ0) is 19.7. The molecule has 1 unspecified atom stereocenters. The number of piperidine rings is 1. The summed E-state index contributed by atoms with van der Waals surface area (Å²) in [6.45, 7) is 3.13. The molecule has 28 heavy (non-hydrogen) atoms. The summed E-state index contributed by atoms with van der Waals surface area (Å²) in [6.07, 6.45) is 5.41. The number of aromatic nitrogens is 5. The number of imidazole rings is 1. The van der Waals surface area contributed by atoms with Crippen LogP contribution in [0.5, 0.6) is 0 Å². The molecule has 0 saturated carbocycles. The molecule has 1 N–H and O–H groups in total. The second-order valence-corrected chi connectivity index (χ2v) is 7.13. The monoisotopic (exact) mass is 378 g/mol. The molecular weight excluding hydrogens is 356 g/mol. The van der Waals surface area contributed by atoms with E-state index in [-0.39, 0.29) is 17.4 Å². The number of likely N-dealkylation sites (tertiary alicyclic amines) is 1. The summed E-state index contributed by atoms with van der Waals surface area (Å²) in [4.78, 5) is 42.5. The number of H-pyrrole nitrogens is 1. The van der Waals surface area contributed by atoms with E-state index in [0.717, 1.165) is 35.9 Å². The normalized spacial score (nSPS) is 16.9. The molecule has 3 aromatic heterocycles. The van der Waals surface area contributed by atoms with Crippen molar-refractivity contribution < 1.29 is 4.79 Å². The predicted molar refractivity (Wildman–Crippen MR) is 104 cm³/mol. The van der Waals surface area contributed by atoms with Crippen LogP contribution in [0.1, 0.15) is 40.8 Å². The number of amides is 1. The smallest absolute Gasteiger partial charge is 0.270 e. The summed E-state index contributed by atoms with van der Waals surface area (Å²) in [5.41, 5.74) is 1.69. The van der Waals surface area contributed by atoms with Crippen molar-refractivity contribution in [2.24, 2.45) is 7.05 Å². The largest absolute Gasteiger partial charge is 0.337 e. The van der Waals surface area contributed by atoms with Crippen molar-refractivity contribution in [2.45, 2.75) is 25.7 Å². The van der Waals surface area contributed by atoms with Gasteiger partial charge in [-0.3, -0.25) is 9.59 Å². The second kappa shape index (κ2) is 7.38. The molecule has 0 spiro atoms. The van der Waals surface area contributed by atoms with E-state index in [2.05, 4.69) is 15.0 Å². The number of nitrogens with zero attached hydrogens (tertiary/aromatic N) is 5. The van der Waals surface area contributed by atoms with Crippen molar-refractivity contribution in [3.05, 3.63) is 64.2 Å². The first-order valence-corrected chi connectivity index (χ1v) is 9.33. The lowest BCUT2D eigenvalue weighted by Gasteiger charge is -2.32. The standard InChI is InChI=1S/C20H22N6O2/c1-13-11-16(19-21-8-10-25(19)2)24-18(22-13)14-5-4-9-26(12-14)20(28)15-6-3-7-17(27)23-15/h3,6-8,10-11,14H,4-5,9,12H2,1-2H3,(H,23,27). The highest BCUT2D eigenvalue weighted by Gasteiger charge is 2.28. The number of hydrogen-bond donors (Lipinski definition) is 1. The van der Waals surface area contributed by atoms with E-state index < -0.39 is 0 Å². The summed E-state index contributed by atoms with van der Waals surface area (Å²) in [5, 5.41) is 0. The van der Waals surface area contributed by atoms with E-state index in [1.54, 1.807) is 23.2 Å². The summed E-state index contributed by atoms with van der Waals surface area (Å²) >= 11 is 0. The Morgan fingerprint density at radius 3 is 2.89 bits per heavy atom. The van der Waals surface area contributed by atoms with Crippen LogP contribution in [0.15, 0.2) is 41.5 Å². The predicted octanol–water partition coefficient (Wildman–Crippen LogP) is 1.89. The van der Waals surface area contributed by atoms with Crippen molar-refractivity contribution in [2.75, 3.05) is 13.1 Å². The Labute approximate surface area is 162 Å². The Hall–Kier alpha value is -3.29. The van der Waals surface area contributed by atoms with Gasteiger partial charge in [-0.15, -0.1) is 0 Å². The first-order valence-electron chi connectivity index (χ1n) is 9.33. The van der Waals surface area contributed by atoms with Crippen LogP contribution in [0.25, 0.3) is 11.5 Å². The lowest BCUT2D eigenvalue weighted by molar-refractivity contribution is 0.0698. The number of rotatable bonds is 3. The van der Waals surface area contributed by atoms with Gasteiger partial charge in [0.25, 0.3) is 5.91 Å². The molecule has 1 atom stereocenters. The minimum atomic E-state index is -0.277. The molecule has 1 amide bonds. The van der Waals surface area contributed by atoms with Gasteiger partial charge in [0, 0.05) is 50.2 Å². The average molecular weight is 378 g/mol. The Bertz CT molecular complexity index is 1070. The molecule has 8 heteroatoms. The van der Waals surface area contributed by atoms with Gasteiger partial charge in [-0.1, -0.05) is 6.07 Å². The summed E-state index contributed by atoms with van der Waals surface area (Å²) in [6, 6.07) is 6.55. The van der Waals surface area contributed by atoms with E-state index in [0.29, 0.717) is 18.8 Å². The number of pyridine rings is 1. The lowest BCUT2D eigenvalue weighted by Crippen LogP contribution is -2.40. The van der Waals surface area contributed by atoms with E-state index in [9.17, 15) is 9.59 Å². The van der Waals surface area contributed by atoms with E-state index in [1.165, 1.54) is 6.07 Å². The summed E-state index contributed by atoms with van der Waals surface area (Å²) in [5.74, 6) is 1.40. The van der Waals surface area contributed by atoms with Crippen molar-refractivity contribution in [3.63, 3.8) is 0 Å². The molecule has 0 aliphatic carbocycles. The molecule has 4 heterocycles. The fourth-order valence-electron chi connectivity index (χ4n) is 3.62. The molecule has 3 aromatic rings. The first-order chi connectivity index (χ1) is 13.5. The minimum Gasteiger partial charge on any atom is -0.337 e. The van der Waals surface area contributed by atoms with Crippen LogP contribution in [-0.4, -0.2) is 48.4 Å². The topological polar surface area (TPSA) is 96.8 Å². The van der Waals surface area contributed by atoms with Crippen LogP contribution < -0.4 is 5.56 Å². The Kier molecular flexibility index (Phi) is 4.77. The Morgan fingerprint density at radius 1 is 1.29 bits per heavy atom. The number of aryl methyl sites for hydroxylation is 2. The number of carbonyl (C=O) groups excluding carboxylic acids is 1. The minimum absolute atomic E-state index is 0.0482. The molecule has 1 aliphatic heterocycles. The third-order valence-electron chi connectivity index (χ3n) is 4.99. The molecule has 8 nitrogen and oxygen atoms in total. The third-order valence-corrected chi connectivity index (χ3v) is 4.99. The van der Waals surface area contributed by atoms with Gasteiger partial charge in [0.05, 0.1) is 0 Å². The number of hydrogen-bond acceptors (Lipinski definition) is 5. The highest BCUT2D eigenvalue weighted by molar-refractivity contribution is 5.92. The van der Waals surface area contributed by atoms with E-state index in [4.69, 9.17) is 4.98 Å². The van der Waals surface area contributed by atoms with E-state index in [1.807, 2.05) is 30.8 Å². The van der Waals surface area contributed by atoms with Crippen LogP contribution in [0.3, 0.4) is 0 Å². The summed E-state index contributed by atoms with van der Waals surface area (Å²) in [7, 11) is 1.93. The zero-order valence-electron chi connectivity index (χ0n) is 15.9. The van der Waals surface area contributed by atoms with Gasteiger partial charge >= 0.3 is 0 Å². The Morgan fingerprint density at radius 2 is 2.14 bits per heavy atom. The molecular formula is C20H22N6O2. The molecule has 1 aliphatic rings. The maximum absolute atomic E-state index is 12.8. The third kappa shape index (κ3) is 3.58. The number of nitrogens with one attached hydrogen (secondary N) is 1. The van der Waals surface area contributed by atoms with Gasteiger partial charge in [0.15, 0.2) is 5.82 Å². The van der Waals surface area contributed by atoms with Gasteiger partial charge in [0.1, 0.15) is 17.2 Å². The van der Waals surface area contributed by atoms with Gasteiger partial charge in [-0.2, -0.15) is 0 Å². The van der Waals surface area contributed by atoms with Crippen LogP contribution in [0, 0.1) is 6.92 Å². The molecule has 144 valence electrons. The molecule has 1 fully saturated rings. The quantitative estimate of drug-likeness (QED) is 0.751. The SMILES string of the molecule is Cc1cc(-c2nccn2C)nc(C2CCCN(C(=O)c3cccc(=O)[nH]3)C2)n1. The van der Waals surface area contributed by atoms with Crippen molar-refractivity contribution in [1.29, 1.82) is 0 Å². The van der Waals surface area contributed by atoms with Crippen LogP contribution in [0.4, 0.5) is 0 Å². The zero-order valence-corrected chi connectivity index (χ0v) is 15.9. The van der Waals surface area contributed by atoms with Gasteiger partial charge in [-0.25, -0.2) is 15.0 Å². The summed E-state index contributed by atoms with van der Waals surface area (Å²) < 4.78 is 1.92. The first kappa shape index (κ1) is 18.1. The average Bonchev–Trinajstić information content (AvgIpc) is 3.13. The van der Waals surface area contributed by atoms with Crippen LogP contribution in [-0.2, 0) is 7.05 Å². The maximum Gasteiger partial charge on any atom is 0.270 e. The van der Waals surface area contributed by atoms with Gasteiger partial charge in [0.2, 0.25) is 5.56 Å².